The Hall–Kier alpha value is -2.60. The van der Waals surface area contributed by atoms with E-state index in [2.05, 4.69) is 58.4 Å². The van der Waals surface area contributed by atoms with Gasteiger partial charge in [-0.2, -0.15) is 0 Å². The first-order chi connectivity index (χ1) is 12.5. The number of carbonyl (C=O) groups is 1. The lowest BCUT2D eigenvalue weighted by molar-refractivity contribution is 0.102. The van der Waals surface area contributed by atoms with Gasteiger partial charge < -0.3 is 20.4 Å². The monoisotopic (exact) mass is 353 g/mol. The second-order valence-electron chi connectivity index (χ2n) is 7.05. The highest BCUT2D eigenvalue weighted by Crippen LogP contribution is 2.20. The van der Waals surface area contributed by atoms with Gasteiger partial charge in [0, 0.05) is 56.0 Å². The van der Waals surface area contributed by atoms with Gasteiger partial charge in [0.15, 0.2) is 0 Å². The molecule has 2 N–H and O–H groups in total. The van der Waals surface area contributed by atoms with Gasteiger partial charge in [-0.25, -0.2) is 0 Å². The molecule has 1 aliphatic rings. The van der Waals surface area contributed by atoms with E-state index in [0.717, 1.165) is 37.6 Å². The Bertz CT molecular complexity index is 736. The predicted octanol–water partition coefficient (Wildman–Crippen LogP) is 2.91. The molecule has 3 rings (SSSR count). The molecule has 26 heavy (non-hydrogen) atoms. The van der Waals surface area contributed by atoms with Gasteiger partial charge in [0.2, 0.25) is 0 Å². The Morgan fingerprint density at radius 3 is 2.38 bits per heavy atom. The minimum atomic E-state index is -0.155. The van der Waals surface area contributed by atoms with Crippen molar-refractivity contribution in [2.75, 3.05) is 48.8 Å². The van der Waals surface area contributed by atoms with Crippen molar-refractivity contribution in [2.24, 2.45) is 0 Å². The lowest BCUT2D eigenvalue weighted by atomic mass is 10.2. The number of piperazine rings is 1. The summed E-state index contributed by atoms with van der Waals surface area (Å²) in [5.74, 6) is -0.155. The maximum atomic E-state index is 12.5. The molecule has 1 aromatic carbocycles. The maximum absolute atomic E-state index is 12.5. The summed E-state index contributed by atoms with van der Waals surface area (Å²) in [6.45, 7) is 8.31. The molecular formula is C20H27N5O. The highest BCUT2D eigenvalue weighted by Gasteiger charge is 2.14. The quantitative estimate of drug-likeness (QED) is 0.865. The smallest absolute Gasteiger partial charge is 0.257 e. The number of nitrogens with zero attached hydrogens (tertiary/aromatic N) is 3. The van der Waals surface area contributed by atoms with Gasteiger partial charge in [-0.3, -0.25) is 9.78 Å². The molecule has 6 nitrogen and oxygen atoms in total. The van der Waals surface area contributed by atoms with E-state index in [0.29, 0.717) is 5.56 Å². The number of nitrogens with one attached hydrogen (secondary N) is 2. The molecule has 2 heterocycles. The minimum absolute atomic E-state index is 0.155. The Kier molecular flexibility index (Phi) is 5.73. The van der Waals surface area contributed by atoms with Gasteiger partial charge in [0.05, 0.1) is 11.3 Å². The van der Waals surface area contributed by atoms with Crippen LogP contribution in [-0.4, -0.2) is 55.1 Å². The minimum Gasteiger partial charge on any atom is -0.382 e. The number of hydrogen-bond donors (Lipinski definition) is 2. The third kappa shape index (κ3) is 4.73. The van der Waals surface area contributed by atoms with Crippen LogP contribution < -0.4 is 15.5 Å². The van der Waals surface area contributed by atoms with Gasteiger partial charge in [0.1, 0.15) is 0 Å². The summed E-state index contributed by atoms with van der Waals surface area (Å²) in [5.41, 5.74) is 3.37. The molecule has 0 radical (unpaired) electrons. The Balaban J connectivity index is 1.63. The summed E-state index contributed by atoms with van der Waals surface area (Å²) in [4.78, 5) is 21.3. The average Bonchev–Trinajstić information content (AvgIpc) is 2.63. The Morgan fingerprint density at radius 2 is 1.73 bits per heavy atom. The summed E-state index contributed by atoms with van der Waals surface area (Å²) in [6, 6.07) is 10.1. The molecule has 0 unspecified atom stereocenters. The molecule has 1 aliphatic heterocycles. The Labute approximate surface area is 155 Å². The van der Waals surface area contributed by atoms with Crippen LogP contribution in [-0.2, 0) is 0 Å². The van der Waals surface area contributed by atoms with E-state index in [4.69, 9.17) is 0 Å². The van der Waals surface area contributed by atoms with Gasteiger partial charge in [-0.1, -0.05) is 0 Å². The fraction of sp³-hybridized carbons (Fsp3) is 0.400. The summed E-state index contributed by atoms with van der Waals surface area (Å²) in [6.07, 6.45) is 3.31. The second-order valence-corrected chi connectivity index (χ2v) is 7.05. The van der Waals surface area contributed by atoms with Crippen LogP contribution in [0.1, 0.15) is 24.2 Å². The first-order valence-electron chi connectivity index (χ1n) is 9.08. The zero-order valence-electron chi connectivity index (χ0n) is 15.7. The highest BCUT2D eigenvalue weighted by molar-refractivity contribution is 6.04. The molecule has 6 heteroatoms. The first-order valence-corrected chi connectivity index (χ1v) is 9.08. The lowest BCUT2D eigenvalue weighted by Crippen LogP contribution is -2.44. The number of hydrogen-bond acceptors (Lipinski definition) is 5. The van der Waals surface area contributed by atoms with Gasteiger partial charge >= 0.3 is 0 Å². The zero-order chi connectivity index (χ0) is 18.5. The molecule has 0 atom stereocenters. The summed E-state index contributed by atoms with van der Waals surface area (Å²) >= 11 is 0. The van der Waals surface area contributed by atoms with Crippen LogP contribution in [0.4, 0.5) is 17.1 Å². The lowest BCUT2D eigenvalue weighted by Gasteiger charge is -2.34. The van der Waals surface area contributed by atoms with Crippen LogP contribution in [0.2, 0.25) is 0 Å². The Morgan fingerprint density at radius 1 is 1.04 bits per heavy atom. The summed E-state index contributed by atoms with van der Waals surface area (Å²) < 4.78 is 0. The molecule has 138 valence electrons. The van der Waals surface area contributed by atoms with E-state index >= 15 is 0 Å². The molecule has 2 aromatic rings. The molecule has 0 aliphatic carbocycles. The highest BCUT2D eigenvalue weighted by atomic mass is 16.1. The molecule has 0 spiro atoms. The summed E-state index contributed by atoms with van der Waals surface area (Å²) in [5, 5.41) is 6.20. The second kappa shape index (κ2) is 8.19. The van der Waals surface area contributed by atoms with Crippen molar-refractivity contribution in [2.45, 2.75) is 19.9 Å². The van der Waals surface area contributed by atoms with Crippen molar-refractivity contribution in [3.05, 3.63) is 48.3 Å². The number of likely N-dealkylation sites (N-methyl/N-ethyl adjacent to an activating group) is 1. The third-order valence-corrected chi connectivity index (χ3v) is 4.45. The van der Waals surface area contributed by atoms with E-state index in [1.54, 1.807) is 12.4 Å². The number of benzene rings is 1. The van der Waals surface area contributed by atoms with Crippen LogP contribution in [0, 0.1) is 0 Å². The van der Waals surface area contributed by atoms with Gasteiger partial charge in [-0.15, -0.1) is 0 Å². The molecule has 1 amide bonds. The fourth-order valence-electron chi connectivity index (χ4n) is 3.00. The van der Waals surface area contributed by atoms with Crippen molar-refractivity contribution in [3.8, 4) is 0 Å². The number of anilines is 3. The van der Waals surface area contributed by atoms with Crippen molar-refractivity contribution in [1.29, 1.82) is 0 Å². The normalized spacial score (nSPS) is 15.2. The third-order valence-electron chi connectivity index (χ3n) is 4.45. The number of carbonyl (C=O) groups excluding carboxylic acids is 1. The predicted molar refractivity (Wildman–Crippen MR) is 107 cm³/mol. The van der Waals surface area contributed by atoms with E-state index in [-0.39, 0.29) is 11.9 Å². The van der Waals surface area contributed by atoms with Crippen molar-refractivity contribution in [1.82, 2.24) is 9.88 Å². The van der Waals surface area contributed by atoms with Crippen LogP contribution in [0.5, 0.6) is 0 Å². The first kappa shape index (κ1) is 18.2. The molecule has 0 bridgehead atoms. The van der Waals surface area contributed by atoms with E-state index < -0.39 is 0 Å². The van der Waals surface area contributed by atoms with Crippen LogP contribution in [0.3, 0.4) is 0 Å². The number of pyridine rings is 1. The molecular weight excluding hydrogens is 326 g/mol. The number of rotatable bonds is 5. The van der Waals surface area contributed by atoms with Crippen LogP contribution in [0.25, 0.3) is 0 Å². The number of aromatic nitrogens is 1. The van der Waals surface area contributed by atoms with Crippen molar-refractivity contribution >= 4 is 23.0 Å². The molecule has 1 fully saturated rings. The van der Waals surface area contributed by atoms with E-state index in [1.165, 1.54) is 5.69 Å². The average molecular weight is 353 g/mol. The SMILES string of the molecule is CC(C)Nc1cncc(C(=O)Nc2ccc(N3CCN(C)CC3)cc2)c1. The van der Waals surface area contributed by atoms with E-state index in [1.807, 2.05) is 18.2 Å². The number of amides is 1. The standard InChI is InChI=1S/C20H27N5O/c1-15(2)22-18-12-16(13-21-14-18)20(26)23-17-4-6-19(7-5-17)25-10-8-24(3)9-11-25/h4-7,12-15,22H,8-11H2,1-3H3,(H,23,26). The topological polar surface area (TPSA) is 60.5 Å². The largest absolute Gasteiger partial charge is 0.382 e. The van der Waals surface area contributed by atoms with Crippen LogP contribution >= 0.6 is 0 Å². The van der Waals surface area contributed by atoms with Gasteiger partial charge in [-0.05, 0) is 51.2 Å². The van der Waals surface area contributed by atoms with E-state index in [9.17, 15) is 4.79 Å². The molecule has 0 saturated carbocycles. The maximum Gasteiger partial charge on any atom is 0.257 e. The van der Waals surface area contributed by atoms with Crippen LogP contribution in [0.15, 0.2) is 42.7 Å². The van der Waals surface area contributed by atoms with Crippen molar-refractivity contribution in [3.63, 3.8) is 0 Å². The zero-order valence-corrected chi connectivity index (χ0v) is 15.7. The summed E-state index contributed by atoms with van der Waals surface area (Å²) in [7, 11) is 2.15. The molecule has 1 saturated heterocycles. The van der Waals surface area contributed by atoms with Gasteiger partial charge in [0.25, 0.3) is 5.91 Å². The fourth-order valence-corrected chi connectivity index (χ4v) is 3.00. The van der Waals surface area contributed by atoms with Crippen molar-refractivity contribution < 1.29 is 4.79 Å². The molecule has 1 aromatic heterocycles.